The minimum Gasteiger partial charge on any atom is -0.332 e. The summed E-state index contributed by atoms with van der Waals surface area (Å²) >= 11 is 0. The van der Waals surface area contributed by atoms with Crippen LogP contribution in [0.25, 0.3) is 10.9 Å². The number of carbonyl (C=O) groups is 1. The van der Waals surface area contributed by atoms with Crippen molar-refractivity contribution in [3.05, 3.63) is 58.9 Å². The quantitative estimate of drug-likeness (QED) is 0.722. The van der Waals surface area contributed by atoms with E-state index in [0.29, 0.717) is 17.4 Å². The molecular weight excluding hydrogens is 330 g/mol. The SMILES string of the molecule is Cn1ccc(C2CCCCN2C(=O)Cn2cnc3ccccc3c2=O)n1. The Bertz CT molecular complexity index is 1010. The van der Waals surface area contributed by atoms with Crippen molar-refractivity contribution in [1.82, 2.24) is 24.2 Å². The van der Waals surface area contributed by atoms with Gasteiger partial charge < -0.3 is 4.90 Å². The number of aromatic nitrogens is 4. The van der Waals surface area contributed by atoms with Crippen LogP contribution in [-0.2, 0) is 18.4 Å². The molecule has 0 spiro atoms. The maximum atomic E-state index is 13.0. The smallest absolute Gasteiger partial charge is 0.261 e. The van der Waals surface area contributed by atoms with E-state index in [4.69, 9.17) is 0 Å². The van der Waals surface area contributed by atoms with Gasteiger partial charge in [0.2, 0.25) is 5.91 Å². The largest absolute Gasteiger partial charge is 0.332 e. The van der Waals surface area contributed by atoms with Crippen LogP contribution in [0.2, 0.25) is 0 Å². The number of fused-ring (bicyclic) bond motifs is 1. The second-order valence-electron chi connectivity index (χ2n) is 6.71. The summed E-state index contributed by atoms with van der Waals surface area (Å²) in [6, 6.07) is 9.12. The fourth-order valence-electron chi connectivity index (χ4n) is 3.60. The van der Waals surface area contributed by atoms with Gasteiger partial charge in [0.15, 0.2) is 0 Å². The van der Waals surface area contributed by atoms with Gasteiger partial charge >= 0.3 is 0 Å². The lowest BCUT2D eigenvalue weighted by Crippen LogP contribution is -2.42. The normalized spacial score (nSPS) is 17.6. The number of likely N-dealkylation sites (tertiary alicyclic amines) is 1. The van der Waals surface area contributed by atoms with E-state index in [2.05, 4.69) is 10.1 Å². The van der Waals surface area contributed by atoms with E-state index in [1.54, 1.807) is 22.9 Å². The number of benzene rings is 1. The second-order valence-corrected chi connectivity index (χ2v) is 6.71. The lowest BCUT2D eigenvalue weighted by molar-refractivity contribution is -0.135. The summed E-state index contributed by atoms with van der Waals surface area (Å²) in [6.07, 6.45) is 6.29. The third-order valence-corrected chi connectivity index (χ3v) is 4.94. The Hall–Kier alpha value is -2.96. The maximum Gasteiger partial charge on any atom is 0.261 e. The Balaban J connectivity index is 1.60. The van der Waals surface area contributed by atoms with Crippen LogP contribution < -0.4 is 5.56 Å². The molecule has 0 aliphatic carbocycles. The first kappa shape index (κ1) is 16.5. The lowest BCUT2D eigenvalue weighted by atomic mass is 9.99. The van der Waals surface area contributed by atoms with Crippen LogP contribution >= 0.6 is 0 Å². The highest BCUT2D eigenvalue weighted by atomic mass is 16.2. The summed E-state index contributed by atoms with van der Waals surface area (Å²) in [5, 5.41) is 5.00. The van der Waals surface area contributed by atoms with E-state index in [1.807, 2.05) is 30.3 Å². The monoisotopic (exact) mass is 351 g/mol. The zero-order chi connectivity index (χ0) is 18.1. The average molecular weight is 351 g/mol. The number of rotatable bonds is 3. The maximum absolute atomic E-state index is 13.0. The lowest BCUT2D eigenvalue weighted by Gasteiger charge is -2.35. The van der Waals surface area contributed by atoms with Gasteiger partial charge in [0, 0.05) is 19.8 Å². The highest BCUT2D eigenvalue weighted by molar-refractivity contribution is 5.79. The molecule has 1 amide bonds. The molecule has 4 rings (SSSR count). The Labute approximate surface area is 150 Å². The minimum absolute atomic E-state index is 0.00000118. The molecule has 1 fully saturated rings. The molecule has 26 heavy (non-hydrogen) atoms. The summed E-state index contributed by atoms with van der Waals surface area (Å²) in [7, 11) is 1.87. The van der Waals surface area contributed by atoms with Gasteiger partial charge in [-0.1, -0.05) is 12.1 Å². The fourth-order valence-corrected chi connectivity index (χ4v) is 3.60. The van der Waals surface area contributed by atoms with Crippen LogP contribution in [0.15, 0.2) is 47.7 Å². The molecule has 7 heteroatoms. The molecular formula is C19H21N5O2. The number of aryl methyl sites for hydroxylation is 1. The molecule has 1 unspecified atom stereocenters. The van der Waals surface area contributed by atoms with Crippen LogP contribution in [0.3, 0.4) is 0 Å². The number of piperidine rings is 1. The van der Waals surface area contributed by atoms with Gasteiger partial charge in [-0.3, -0.25) is 18.8 Å². The summed E-state index contributed by atoms with van der Waals surface area (Å²) in [5.41, 5.74) is 1.37. The van der Waals surface area contributed by atoms with Crippen LogP contribution in [0.4, 0.5) is 0 Å². The zero-order valence-electron chi connectivity index (χ0n) is 14.7. The molecule has 2 aromatic heterocycles. The fraction of sp³-hybridized carbons (Fsp3) is 0.368. The molecule has 1 aromatic carbocycles. The molecule has 0 N–H and O–H groups in total. The van der Waals surface area contributed by atoms with E-state index in [-0.39, 0.29) is 24.1 Å². The van der Waals surface area contributed by atoms with E-state index >= 15 is 0 Å². The molecule has 0 saturated carbocycles. The molecule has 3 aromatic rings. The first-order chi connectivity index (χ1) is 12.6. The predicted octanol–water partition coefficient (Wildman–Crippen LogP) is 1.88. The van der Waals surface area contributed by atoms with Crippen molar-refractivity contribution < 1.29 is 4.79 Å². The number of hydrogen-bond acceptors (Lipinski definition) is 4. The van der Waals surface area contributed by atoms with Crippen LogP contribution in [-0.4, -0.2) is 36.7 Å². The molecule has 0 radical (unpaired) electrons. The second kappa shape index (κ2) is 6.74. The molecule has 1 aliphatic rings. The zero-order valence-corrected chi connectivity index (χ0v) is 14.7. The van der Waals surface area contributed by atoms with Crippen molar-refractivity contribution in [1.29, 1.82) is 0 Å². The third-order valence-electron chi connectivity index (χ3n) is 4.94. The van der Waals surface area contributed by atoms with Crippen LogP contribution in [0.1, 0.15) is 31.0 Å². The van der Waals surface area contributed by atoms with Gasteiger partial charge in [-0.05, 0) is 37.5 Å². The molecule has 134 valence electrons. The summed E-state index contributed by atoms with van der Waals surface area (Å²) in [5.74, 6) is -0.0699. The van der Waals surface area contributed by atoms with Gasteiger partial charge in [-0.15, -0.1) is 0 Å². The van der Waals surface area contributed by atoms with E-state index in [9.17, 15) is 9.59 Å². The average Bonchev–Trinajstić information content (AvgIpc) is 3.10. The van der Waals surface area contributed by atoms with Crippen molar-refractivity contribution in [2.75, 3.05) is 6.54 Å². The van der Waals surface area contributed by atoms with E-state index in [0.717, 1.165) is 25.0 Å². The van der Waals surface area contributed by atoms with E-state index < -0.39 is 0 Å². The molecule has 7 nitrogen and oxygen atoms in total. The van der Waals surface area contributed by atoms with Gasteiger partial charge in [0.25, 0.3) is 5.56 Å². The van der Waals surface area contributed by atoms with Crippen molar-refractivity contribution in [2.45, 2.75) is 31.8 Å². The van der Waals surface area contributed by atoms with Gasteiger partial charge in [0.05, 0.1) is 29.0 Å². The Morgan fingerprint density at radius 1 is 1.23 bits per heavy atom. The standard InChI is InChI=1S/C19H21N5O2/c1-22-11-9-16(21-22)17-8-4-5-10-24(17)18(25)12-23-13-20-15-7-3-2-6-14(15)19(23)26/h2-3,6-7,9,11,13,17H,4-5,8,10,12H2,1H3. The topological polar surface area (TPSA) is 73.0 Å². The van der Waals surface area contributed by atoms with Crippen LogP contribution in [0.5, 0.6) is 0 Å². The van der Waals surface area contributed by atoms with Crippen molar-refractivity contribution in [2.24, 2.45) is 7.05 Å². The summed E-state index contributed by atoms with van der Waals surface area (Å²) < 4.78 is 3.15. The highest BCUT2D eigenvalue weighted by Crippen LogP contribution is 2.29. The van der Waals surface area contributed by atoms with Crippen molar-refractivity contribution >= 4 is 16.8 Å². The van der Waals surface area contributed by atoms with Gasteiger partial charge in [-0.2, -0.15) is 5.10 Å². The molecule has 1 saturated heterocycles. The predicted molar refractivity (Wildman–Crippen MR) is 97.5 cm³/mol. The summed E-state index contributed by atoms with van der Waals surface area (Å²) in [6.45, 7) is 0.690. The molecule has 1 atom stereocenters. The number of hydrogen-bond donors (Lipinski definition) is 0. The first-order valence-electron chi connectivity index (χ1n) is 8.86. The Morgan fingerprint density at radius 3 is 2.88 bits per heavy atom. The molecule has 0 bridgehead atoms. The van der Waals surface area contributed by atoms with Gasteiger partial charge in [0.1, 0.15) is 6.54 Å². The number of nitrogens with zero attached hydrogens (tertiary/aromatic N) is 5. The third kappa shape index (κ3) is 3.00. The van der Waals surface area contributed by atoms with E-state index in [1.165, 1.54) is 10.9 Å². The minimum atomic E-state index is -0.185. The number of carbonyl (C=O) groups excluding carboxylic acids is 1. The Morgan fingerprint density at radius 2 is 2.08 bits per heavy atom. The van der Waals surface area contributed by atoms with Gasteiger partial charge in [-0.25, -0.2) is 4.98 Å². The summed E-state index contributed by atoms with van der Waals surface area (Å²) in [4.78, 5) is 31.7. The molecule has 3 heterocycles. The number of para-hydroxylation sites is 1. The van der Waals surface area contributed by atoms with Crippen molar-refractivity contribution in [3.63, 3.8) is 0 Å². The van der Waals surface area contributed by atoms with Crippen LogP contribution in [0, 0.1) is 0 Å². The number of amides is 1. The highest BCUT2D eigenvalue weighted by Gasteiger charge is 2.29. The molecule has 1 aliphatic heterocycles. The van der Waals surface area contributed by atoms with Crippen molar-refractivity contribution in [3.8, 4) is 0 Å². The Kier molecular flexibility index (Phi) is 4.28. The first-order valence-corrected chi connectivity index (χ1v) is 8.86.